The van der Waals surface area contributed by atoms with Crippen LogP contribution in [0.2, 0.25) is 0 Å². The van der Waals surface area contributed by atoms with Crippen LogP contribution in [0.1, 0.15) is 51.9 Å². The minimum atomic E-state index is -0.0812. The molecular formula is C18H26O2. The molecule has 4 rings (SSSR count). The van der Waals surface area contributed by atoms with Gasteiger partial charge in [-0.2, -0.15) is 0 Å². The SMILES string of the molecule is C[C@]12CC[C@H]3[C@@H](CCC4CC(O)CC[C@@H]43)[C@@H]1C=CC2=O. The Hall–Kier alpha value is -0.630. The van der Waals surface area contributed by atoms with E-state index in [1.807, 2.05) is 6.08 Å². The summed E-state index contributed by atoms with van der Waals surface area (Å²) in [6, 6.07) is 0. The van der Waals surface area contributed by atoms with E-state index >= 15 is 0 Å². The van der Waals surface area contributed by atoms with E-state index in [2.05, 4.69) is 13.0 Å². The van der Waals surface area contributed by atoms with Crippen molar-refractivity contribution in [3.63, 3.8) is 0 Å². The molecule has 2 nitrogen and oxygen atoms in total. The van der Waals surface area contributed by atoms with Gasteiger partial charge in [-0.3, -0.25) is 4.79 Å². The Morgan fingerprint density at radius 3 is 2.75 bits per heavy atom. The van der Waals surface area contributed by atoms with Gasteiger partial charge >= 0.3 is 0 Å². The molecule has 0 aromatic rings. The standard InChI is InChI=1S/C18H26O2/c1-18-9-8-14-13-5-3-12(19)10-11(13)2-4-15(14)16(18)6-7-17(18)20/h6-7,11-16,19H,2-5,8-10H2,1H3/t11?,12?,13-,14+,15+,16-,18-/m0/s1. The first-order valence-corrected chi connectivity index (χ1v) is 8.50. The van der Waals surface area contributed by atoms with Crippen molar-refractivity contribution in [2.75, 3.05) is 0 Å². The fourth-order valence-corrected chi connectivity index (χ4v) is 6.10. The summed E-state index contributed by atoms with van der Waals surface area (Å²) >= 11 is 0. The Morgan fingerprint density at radius 2 is 1.90 bits per heavy atom. The van der Waals surface area contributed by atoms with Gasteiger partial charge < -0.3 is 5.11 Å². The second-order valence-electron chi connectivity index (χ2n) is 8.00. The van der Waals surface area contributed by atoms with Gasteiger partial charge in [0.05, 0.1) is 6.10 Å². The lowest BCUT2D eigenvalue weighted by Crippen LogP contribution is -2.49. The Kier molecular flexibility index (Phi) is 2.89. The lowest BCUT2D eigenvalue weighted by molar-refractivity contribution is -0.131. The molecule has 0 aliphatic heterocycles. The zero-order valence-electron chi connectivity index (χ0n) is 12.4. The molecule has 0 aromatic carbocycles. The largest absolute Gasteiger partial charge is 0.393 e. The average molecular weight is 274 g/mol. The topological polar surface area (TPSA) is 37.3 Å². The molecule has 0 amide bonds. The molecular weight excluding hydrogens is 248 g/mol. The highest BCUT2D eigenvalue weighted by Crippen LogP contribution is 2.59. The predicted octanol–water partition coefficient (Wildman–Crippen LogP) is 3.35. The molecule has 0 radical (unpaired) electrons. The Balaban J connectivity index is 1.60. The maximum absolute atomic E-state index is 12.2. The lowest BCUT2D eigenvalue weighted by atomic mass is 9.50. The first-order chi connectivity index (χ1) is 9.59. The number of carbonyl (C=O) groups is 1. The first kappa shape index (κ1) is 13.1. The van der Waals surface area contributed by atoms with Crippen LogP contribution in [0.5, 0.6) is 0 Å². The Bertz CT molecular complexity index is 454. The first-order valence-electron chi connectivity index (χ1n) is 8.50. The van der Waals surface area contributed by atoms with Gasteiger partial charge in [-0.15, -0.1) is 0 Å². The molecule has 2 heteroatoms. The van der Waals surface area contributed by atoms with Crippen LogP contribution in [0.3, 0.4) is 0 Å². The second-order valence-corrected chi connectivity index (χ2v) is 8.00. The van der Waals surface area contributed by atoms with Gasteiger partial charge in [0.25, 0.3) is 0 Å². The number of hydrogen-bond acceptors (Lipinski definition) is 2. The number of fused-ring (bicyclic) bond motifs is 5. The van der Waals surface area contributed by atoms with Gasteiger partial charge in [-0.25, -0.2) is 0 Å². The maximum atomic E-state index is 12.2. The van der Waals surface area contributed by atoms with E-state index in [4.69, 9.17) is 0 Å². The molecule has 2 unspecified atom stereocenters. The van der Waals surface area contributed by atoms with Crippen LogP contribution in [0.4, 0.5) is 0 Å². The van der Waals surface area contributed by atoms with Gasteiger partial charge in [-0.1, -0.05) is 13.0 Å². The van der Waals surface area contributed by atoms with Gasteiger partial charge in [0.15, 0.2) is 5.78 Å². The summed E-state index contributed by atoms with van der Waals surface area (Å²) in [6.45, 7) is 2.20. The molecule has 0 bridgehead atoms. The molecule has 4 aliphatic carbocycles. The molecule has 0 aromatic heterocycles. The van der Waals surface area contributed by atoms with Crippen molar-refractivity contribution < 1.29 is 9.90 Å². The molecule has 110 valence electrons. The smallest absolute Gasteiger partial charge is 0.161 e. The zero-order valence-corrected chi connectivity index (χ0v) is 12.4. The number of allylic oxidation sites excluding steroid dienone is 2. The van der Waals surface area contributed by atoms with Gasteiger partial charge in [-0.05, 0) is 80.6 Å². The Labute approximate surface area is 121 Å². The van der Waals surface area contributed by atoms with E-state index in [0.717, 1.165) is 42.9 Å². The summed E-state index contributed by atoms with van der Waals surface area (Å²) in [6.07, 6.45) is 12.2. The molecule has 4 aliphatic rings. The van der Waals surface area contributed by atoms with Crippen LogP contribution < -0.4 is 0 Å². The average Bonchev–Trinajstić information content (AvgIpc) is 2.74. The minimum Gasteiger partial charge on any atom is -0.393 e. The summed E-state index contributed by atoms with van der Waals surface area (Å²) in [5, 5.41) is 9.91. The summed E-state index contributed by atoms with van der Waals surface area (Å²) in [7, 11) is 0. The van der Waals surface area contributed by atoms with Crippen LogP contribution in [-0.4, -0.2) is 17.0 Å². The molecule has 0 saturated heterocycles. The third kappa shape index (κ3) is 1.70. The van der Waals surface area contributed by atoms with Crippen LogP contribution in [0.15, 0.2) is 12.2 Å². The number of aliphatic hydroxyl groups excluding tert-OH is 1. The van der Waals surface area contributed by atoms with Crippen LogP contribution in [0.25, 0.3) is 0 Å². The summed E-state index contributed by atoms with van der Waals surface area (Å²) in [5.74, 6) is 4.00. The summed E-state index contributed by atoms with van der Waals surface area (Å²) in [5.41, 5.74) is -0.0812. The van der Waals surface area contributed by atoms with E-state index in [0.29, 0.717) is 11.7 Å². The van der Waals surface area contributed by atoms with Crippen molar-refractivity contribution in [3.05, 3.63) is 12.2 Å². The fourth-order valence-electron chi connectivity index (χ4n) is 6.10. The van der Waals surface area contributed by atoms with Gasteiger partial charge in [0, 0.05) is 5.41 Å². The number of ketones is 1. The third-order valence-electron chi connectivity index (χ3n) is 7.20. The fraction of sp³-hybridized carbons (Fsp3) is 0.833. The second kappa shape index (κ2) is 4.43. The molecule has 3 fully saturated rings. The van der Waals surface area contributed by atoms with E-state index in [1.165, 1.54) is 25.7 Å². The van der Waals surface area contributed by atoms with Crippen molar-refractivity contribution >= 4 is 5.78 Å². The molecule has 0 heterocycles. The monoisotopic (exact) mass is 274 g/mol. The van der Waals surface area contributed by atoms with Gasteiger partial charge in [0.2, 0.25) is 0 Å². The van der Waals surface area contributed by atoms with Crippen LogP contribution in [-0.2, 0) is 4.79 Å². The minimum absolute atomic E-state index is 0.0467. The van der Waals surface area contributed by atoms with Crippen molar-refractivity contribution in [2.45, 2.75) is 58.0 Å². The lowest BCUT2D eigenvalue weighted by Gasteiger charge is -2.54. The van der Waals surface area contributed by atoms with Crippen LogP contribution >= 0.6 is 0 Å². The zero-order chi connectivity index (χ0) is 13.9. The van der Waals surface area contributed by atoms with Crippen LogP contribution in [0, 0.1) is 35.0 Å². The van der Waals surface area contributed by atoms with E-state index < -0.39 is 0 Å². The number of aliphatic hydroxyl groups is 1. The maximum Gasteiger partial charge on any atom is 0.161 e. The Morgan fingerprint density at radius 1 is 1.10 bits per heavy atom. The molecule has 0 spiro atoms. The quantitative estimate of drug-likeness (QED) is 0.735. The van der Waals surface area contributed by atoms with Crippen molar-refractivity contribution in [2.24, 2.45) is 35.0 Å². The third-order valence-corrected chi connectivity index (χ3v) is 7.20. The highest BCUT2D eigenvalue weighted by molar-refractivity contribution is 5.97. The number of rotatable bonds is 0. The molecule has 20 heavy (non-hydrogen) atoms. The number of hydrogen-bond donors (Lipinski definition) is 1. The normalized spacial score (nSPS) is 54.2. The molecule has 1 N–H and O–H groups in total. The summed E-state index contributed by atoms with van der Waals surface area (Å²) in [4.78, 5) is 12.2. The number of carbonyl (C=O) groups excluding carboxylic acids is 1. The predicted molar refractivity (Wildman–Crippen MR) is 78.0 cm³/mol. The van der Waals surface area contributed by atoms with E-state index in [-0.39, 0.29) is 11.5 Å². The van der Waals surface area contributed by atoms with E-state index in [9.17, 15) is 9.90 Å². The molecule has 7 atom stereocenters. The van der Waals surface area contributed by atoms with Crippen molar-refractivity contribution in [1.29, 1.82) is 0 Å². The van der Waals surface area contributed by atoms with E-state index in [1.54, 1.807) is 0 Å². The summed E-state index contributed by atoms with van der Waals surface area (Å²) < 4.78 is 0. The van der Waals surface area contributed by atoms with Gasteiger partial charge in [0.1, 0.15) is 0 Å². The van der Waals surface area contributed by atoms with Crippen molar-refractivity contribution in [1.82, 2.24) is 0 Å². The highest BCUT2D eigenvalue weighted by atomic mass is 16.3. The van der Waals surface area contributed by atoms with Crippen molar-refractivity contribution in [3.8, 4) is 0 Å². The molecule has 3 saturated carbocycles. The highest BCUT2D eigenvalue weighted by Gasteiger charge is 2.55.